The minimum absolute atomic E-state index is 0.0267. The molecule has 0 spiro atoms. The first-order valence-electron chi connectivity index (χ1n) is 13.5. The van der Waals surface area contributed by atoms with Crippen molar-refractivity contribution in [1.82, 2.24) is 15.1 Å². The second kappa shape index (κ2) is 11.7. The van der Waals surface area contributed by atoms with Gasteiger partial charge in [-0.3, -0.25) is 9.59 Å². The fourth-order valence-corrected chi connectivity index (χ4v) is 6.34. The van der Waals surface area contributed by atoms with Gasteiger partial charge in [-0.25, -0.2) is 8.78 Å². The molecule has 1 saturated carbocycles. The third kappa shape index (κ3) is 6.03. The number of piperidine rings is 1. The molecule has 2 aliphatic rings. The molecule has 4 atom stereocenters. The zero-order valence-electron chi connectivity index (χ0n) is 22.3. The zero-order chi connectivity index (χ0) is 26.7. The Hall–Kier alpha value is -2.80. The van der Waals surface area contributed by atoms with Crippen LogP contribution in [-0.2, 0) is 9.59 Å². The number of benzene rings is 2. The second-order valence-corrected chi connectivity index (χ2v) is 10.9. The van der Waals surface area contributed by atoms with Crippen molar-refractivity contribution in [3.05, 3.63) is 70.8 Å². The van der Waals surface area contributed by atoms with E-state index in [4.69, 9.17) is 0 Å². The highest BCUT2D eigenvalue weighted by Crippen LogP contribution is 2.44. The molecule has 0 aromatic heterocycles. The summed E-state index contributed by atoms with van der Waals surface area (Å²) >= 11 is 0. The van der Waals surface area contributed by atoms with Crippen molar-refractivity contribution >= 4 is 11.8 Å². The summed E-state index contributed by atoms with van der Waals surface area (Å²) in [5.41, 5.74) is 2.84. The van der Waals surface area contributed by atoms with Crippen LogP contribution >= 0.6 is 0 Å². The lowest BCUT2D eigenvalue weighted by Crippen LogP contribution is -2.42. The Labute approximate surface area is 219 Å². The van der Waals surface area contributed by atoms with Crippen molar-refractivity contribution in [1.29, 1.82) is 0 Å². The van der Waals surface area contributed by atoms with E-state index in [1.807, 2.05) is 31.1 Å². The molecule has 37 heavy (non-hydrogen) atoms. The first-order chi connectivity index (χ1) is 17.7. The molecule has 7 heteroatoms. The van der Waals surface area contributed by atoms with Gasteiger partial charge < -0.3 is 15.1 Å². The molecule has 2 fully saturated rings. The van der Waals surface area contributed by atoms with Crippen molar-refractivity contribution in [2.45, 2.75) is 69.9 Å². The number of likely N-dealkylation sites (tertiary alicyclic amines) is 1. The molecule has 1 heterocycles. The Morgan fingerprint density at radius 1 is 1.05 bits per heavy atom. The van der Waals surface area contributed by atoms with Gasteiger partial charge in [0.05, 0.1) is 6.04 Å². The van der Waals surface area contributed by atoms with Crippen LogP contribution in [0.4, 0.5) is 8.78 Å². The van der Waals surface area contributed by atoms with Gasteiger partial charge in [0.1, 0.15) is 11.6 Å². The smallest absolute Gasteiger partial charge is 0.226 e. The molecule has 1 aliphatic carbocycles. The Kier molecular flexibility index (Phi) is 8.63. The Morgan fingerprint density at radius 3 is 2.38 bits per heavy atom. The predicted molar refractivity (Wildman–Crippen MR) is 141 cm³/mol. The van der Waals surface area contributed by atoms with E-state index in [2.05, 4.69) is 29.3 Å². The Balaban J connectivity index is 1.49. The van der Waals surface area contributed by atoms with Crippen molar-refractivity contribution in [3.63, 3.8) is 0 Å². The standard InChI is InChI=1S/C30H39F2N3O2/c1-5-29(33-19(2)36)25-9-7-6-8-23(25)20-12-14-35(15-13-20)30(37)27-18-22(34(3)4)17-26(27)24-11-10-21(31)16-28(24)32/h6-11,16,20,22,26-27,29H,5,12-15,17-18H2,1-4H3,(H,33,36)/t22-,26?,27-,29+/m1/s1. The van der Waals surface area contributed by atoms with Crippen molar-refractivity contribution in [2.75, 3.05) is 27.2 Å². The number of carbonyl (C=O) groups is 2. The van der Waals surface area contributed by atoms with Gasteiger partial charge in [0.25, 0.3) is 0 Å². The summed E-state index contributed by atoms with van der Waals surface area (Å²) in [5, 5.41) is 3.07. The molecule has 200 valence electrons. The highest BCUT2D eigenvalue weighted by molar-refractivity contribution is 5.80. The fourth-order valence-electron chi connectivity index (χ4n) is 6.34. The van der Waals surface area contributed by atoms with Crippen LogP contribution in [0.1, 0.15) is 80.5 Å². The molecule has 0 radical (unpaired) electrons. The molecule has 0 bridgehead atoms. The van der Waals surface area contributed by atoms with E-state index >= 15 is 0 Å². The van der Waals surface area contributed by atoms with Gasteiger partial charge in [-0.15, -0.1) is 0 Å². The molecule has 2 aromatic carbocycles. The number of amides is 2. The van der Waals surface area contributed by atoms with Crippen LogP contribution in [0.3, 0.4) is 0 Å². The van der Waals surface area contributed by atoms with E-state index in [1.165, 1.54) is 17.7 Å². The van der Waals surface area contributed by atoms with Gasteiger partial charge in [0.2, 0.25) is 11.8 Å². The van der Waals surface area contributed by atoms with Crippen molar-refractivity contribution in [3.8, 4) is 0 Å². The molecule has 4 rings (SSSR count). The average Bonchev–Trinajstić information content (AvgIpc) is 3.32. The molecule has 1 unspecified atom stereocenters. The van der Waals surface area contributed by atoms with E-state index in [0.29, 0.717) is 37.4 Å². The maximum Gasteiger partial charge on any atom is 0.226 e. The Morgan fingerprint density at radius 2 is 1.76 bits per heavy atom. The van der Waals surface area contributed by atoms with Gasteiger partial charge in [0.15, 0.2) is 0 Å². The monoisotopic (exact) mass is 511 g/mol. The topological polar surface area (TPSA) is 52.7 Å². The summed E-state index contributed by atoms with van der Waals surface area (Å²) in [6.07, 6.45) is 3.85. The molecule has 1 aliphatic heterocycles. The fraction of sp³-hybridized carbons (Fsp3) is 0.533. The number of hydrogen-bond acceptors (Lipinski definition) is 3. The van der Waals surface area contributed by atoms with E-state index in [9.17, 15) is 18.4 Å². The summed E-state index contributed by atoms with van der Waals surface area (Å²) in [5.74, 6) is -1.40. The van der Waals surface area contributed by atoms with Gasteiger partial charge >= 0.3 is 0 Å². The van der Waals surface area contributed by atoms with Gasteiger partial charge in [-0.2, -0.15) is 0 Å². The summed E-state index contributed by atoms with van der Waals surface area (Å²) in [6.45, 7) is 4.92. The molecule has 2 amide bonds. The Bertz CT molecular complexity index is 1110. The van der Waals surface area contributed by atoms with E-state index in [0.717, 1.165) is 30.9 Å². The number of hydrogen-bond donors (Lipinski definition) is 1. The number of halogens is 2. The van der Waals surface area contributed by atoms with Crippen LogP contribution in [0.2, 0.25) is 0 Å². The van der Waals surface area contributed by atoms with E-state index in [1.54, 1.807) is 6.92 Å². The van der Waals surface area contributed by atoms with Crippen LogP contribution in [0.25, 0.3) is 0 Å². The lowest BCUT2D eigenvalue weighted by Gasteiger charge is -2.36. The minimum Gasteiger partial charge on any atom is -0.350 e. The predicted octanol–water partition coefficient (Wildman–Crippen LogP) is 5.38. The average molecular weight is 512 g/mol. The van der Waals surface area contributed by atoms with E-state index < -0.39 is 11.6 Å². The third-order valence-electron chi connectivity index (χ3n) is 8.35. The van der Waals surface area contributed by atoms with Gasteiger partial charge in [0, 0.05) is 38.0 Å². The highest BCUT2D eigenvalue weighted by atomic mass is 19.1. The zero-order valence-corrected chi connectivity index (χ0v) is 22.3. The first-order valence-corrected chi connectivity index (χ1v) is 13.5. The van der Waals surface area contributed by atoms with Crippen LogP contribution in [0.5, 0.6) is 0 Å². The number of nitrogens with zero attached hydrogens (tertiary/aromatic N) is 2. The molecular formula is C30H39F2N3O2. The molecule has 5 nitrogen and oxygen atoms in total. The lowest BCUT2D eigenvalue weighted by atomic mass is 9.83. The largest absolute Gasteiger partial charge is 0.350 e. The maximum atomic E-state index is 14.8. The van der Waals surface area contributed by atoms with Gasteiger partial charge in [-0.05, 0) is 80.8 Å². The normalized spacial score (nSPS) is 23.3. The second-order valence-electron chi connectivity index (χ2n) is 10.9. The van der Waals surface area contributed by atoms with Crippen molar-refractivity contribution in [2.24, 2.45) is 5.92 Å². The minimum atomic E-state index is -0.600. The van der Waals surface area contributed by atoms with E-state index in [-0.39, 0.29) is 35.7 Å². The molecule has 1 N–H and O–H groups in total. The summed E-state index contributed by atoms with van der Waals surface area (Å²) in [7, 11) is 3.98. The van der Waals surface area contributed by atoms with Crippen LogP contribution in [0.15, 0.2) is 42.5 Å². The summed E-state index contributed by atoms with van der Waals surface area (Å²) in [6, 6.07) is 12.2. The first kappa shape index (κ1) is 27.2. The van der Waals surface area contributed by atoms with Crippen molar-refractivity contribution < 1.29 is 18.4 Å². The SMILES string of the molecule is CC[C@H](NC(C)=O)c1ccccc1C1CCN(C(=O)[C@@H]2C[C@H](N(C)C)CC2c2ccc(F)cc2F)CC1. The summed E-state index contributed by atoms with van der Waals surface area (Å²) < 4.78 is 28.3. The summed E-state index contributed by atoms with van der Waals surface area (Å²) in [4.78, 5) is 29.6. The maximum absolute atomic E-state index is 14.8. The molecule has 1 saturated heterocycles. The van der Waals surface area contributed by atoms with Gasteiger partial charge in [-0.1, -0.05) is 37.3 Å². The lowest BCUT2D eigenvalue weighted by molar-refractivity contribution is -0.137. The molecular weight excluding hydrogens is 472 g/mol. The quantitative estimate of drug-likeness (QED) is 0.543. The van der Waals surface area contributed by atoms with Crippen LogP contribution < -0.4 is 5.32 Å². The van der Waals surface area contributed by atoms with Crippen LogP contribution in [0, 0.1) is 17.6 Å². The van der Waals surface area contributed by atoms with Crippen LogP contribution in [-0.4, -0.2) is 54.8 Å². The third-order valence-corrected chi connectivity index (χ3v) is 8.35. The number of carbonyl (C=O) groups excluding carboxylic acids is 2. The number of rotatable bonds is 7. The highest BCUT2D eigenvalue weighted by Gasteiger charge is 2.43. The molecule has 2 aromatic rings. The number of nitrogens with one attached hydrogen (secondary N) is 1.